The number of nitro benzene ring substituents is 1. The van der Waals surface area contributed by atoms with Gasteiger partial charge in [0.15, 0.2) is 0 Å². The van der Waals surface area contributed by atoms with Gasteiger partial charge in [-0.2, -0.15) is 0 Å². The lowest BCUT2D eigenvalue weighted by molar-refractivity contribution is -0.384. The van der Waals surface area contributed by atoms with Gasteiger partial charge in [0, 0.05) is 30.8 Å². The molecule has 0 saturated carbocycles. The maximum atomic E-state index is 12.5. The van der Waals surface area contributed by atoms with Gasteiger partial charge in [-0.1, -0.05) is 30.3 Å². The maximum absolute atomic E-state index is 12.5. The highest BCUT2D eigenvalue weighted by atomic mass is 16.6. The highest BCUT2D eigenvalue weighted by Crippen LogP contribution is 2.14. The summed E-state index contributed by atoms with van der Waals surface area (Å²) < 4.78 is 0. The highest BCUT2D eigenvalue weighted by molar-refractivity contribution is 5.92. The van der Waals surface area contributed by atoms with E-state index in [9.17, 15) is 14.9 Å². The maximum Gasteiger partial charge on any atom is 0.269 e. The lowest BCUT2D eigenvalue weighted by Gasteiger charge is -2.25. The van der Waals surface area contributed by atoms with E-state index >= 15 is 0 Å². The lowest BCUT2D eigenvalue weighted by atomic mass is 10.1. The van der Waals surface area contributed by atoms with Crippen LogP contribution in [0.2, 0.25) is 0 Å². The van der Waals surface area contributed by atoms with Gasteiger partial charge in [-0.3, -0.25) is 14.9 Å². The number of hydrogen-bond acceptors (Lipinski definition) is 3. The van der Waals surface area contributed by atoms with Crippen molar-refractivity contribution in [3.8, 4) is 0 Å². The molecule has 24 heavy (non-hydrogen) atoms. The van der Waals surface area contributed by atoms with Crippen LogP contribution >= 0.6 is 0 Å². The fourth-order valence-corrected chi connectivity index (χ4v) is 2.27. The highest BCUT2D eigenvalue weighted by Gasteiger charge is 2.14. The first-order valence-electron chi connectivity index (χ1n) is 7.74. The minimum absolute atomic E-state index is 0.0337. The van der Waals surface area contributed by atoms with E-state index in [0.29, 0.717) is 6.54 Å². The summed E-state index contributed by atoms with van der Waals surface area (Å²) in [7, 11) is 0. The van der Waals surface area contributed by atoms with Crippen LogP contribution in [0.4, 0.5) is 5.69 Å². The average Bonchev–Trinajstić information content (AvgIpc) is 2.58. The predicted molar refractivity (Wildman–Crippen MR) is 94.3 cm³/mol. The molecule has 0 aliphatic heterocycles. The van der Waals surface area contributed by atoms with E-state index in [1.54, 1.807) is 23.1 Å². The Morgan fingerprint density at radius 2 is 1.75 bits per heavy atom. The molecule has 5 heteroatoms. The molecule has 2 aromatic rings. The molecular weight excluding hydrogens is 304 g/mol. The topological polar surface area (TPSA) is 63.5 Å². The van der Waals surface area contributed by atoms with Crippen molar-refractivity contribution < 1.29 is 9.72 Å². The Bertz CT molecular complexity index is 722. The Morgan fingerprint density at radius 3 is 2.29 bits per heavy atom. The summed E-state index contributed by atoms with van der Waals surface area (Å²) in [6, 6.07) is 16.0. The van der Waals surface area contributed by atoms with Crippen LogP contribution in [0.3, 0.4) is 0 Å². The molecule has 1 amide bonds. The van der Waals surface area contributed by atoms with E-state index in [1.807, 2.05) is 44.2 Å². The van der Waals surface area contributed by atoms with Gasteiger partial charge in [0.2, 0.25) is 5.91 Å². The van der Waals surface area contributed by atoms with Gasteiger partial charge < -0.3 is 4.90 Å². The summed E-state index contributed by atoms with van der Waals surface area (Å²) in [6.07, 6.45) is 3.18. The lowest BCUT2D eigenvalue weighted by Crippen LogP contribution is -2.35. The molecule has 0 aliphatic rings. The van der Waals surface area contributed by atoms with Crippen LogP contribution < -0.4 is 0 Å². The van der Waals surface area contributed by atoms with Crippen molar-refractivity contribution in [2.75, 3.05) is 0 Å². The number of carbonyl (C=O) groups is 1. The second-order valence-electron chi connectivity index (χ2n) is 5.73. The number of amides is 1. The van der Waals surface area contributed by atoms with E-state index in [0.717, 1.165) is 11.1 Å². The van der Waals surface area contributed by atoms with Gasteiger partial charge in [-0.25, -0.2) is 0 Å². The first-order valence-corrected chi connectivity index (χ1v) is 7.74. The van der Waals surface area contributed by atoms with Crippen LogP contribution in [0.25, 0.3) is 6.08 Å². The largest absolute Gasteiger partial charge is 0.332 e. The molecule has 0 radical (unpaired) electrons. The number of nitrogens with zero attached hydrogens (tertiary/aromatic N) is 2. The first kappa shape index (κ1) is 17.4. The molecule has 124 valence electrons. The molecule has 0 aliphatic carbocycles. The van der Waals surface area contributed by atoms with Crippen molar-refractivity contribution in [2.24, 2.45) is 0 Å². The van der Waals surface area contributed by atoms with E-state index in [1.165, 1.54) is 18.2 Å². The second-order valence-corrected chi connectivity index (χ2v) is 5.73. The molecule has 0 fully saturated rings. The van der Waals surface area contributed by atoms with Gasteiger partial charge >= 0.3 is 0 Å². The SMILES string of the molecule is CC(C)N(Cc1ccccc1)C(=O)/C=C/c1ccc([N+](=O)[O-])cc1. The number of benzene rings is 2. The molecule has 0 aromatic heterocycles. The zero-order valence-corrected chi connectivity index (χ0v) is 13.8. The smallest absolute Gasteiger partial charge is 0.269 e. The number of rotatable bonds is 6. The van der Waals surface area contributed by atoms with Gasteiger partial charge in [-0.05, 0) is 43.2 Å². The second kappa shape index (κ2) is 8.06. The first-order chi connectivity index (χ1) is 11.5. The summed E-state index contributed by atoms with van der Waals surface area (Å²) >= 11 is 0. The molecule has 2 aromatic carbocycles. The fourth-order valence-electron chi connectivity index (χ4n) is 2.27. The Balaban J connectivity index is 2.08. The molecular formula is C19H20N2O3. The third kappa shape index (κ3) is 4.78. The van der Waals surface area contributed by atoms with Crippen LogP contribution in [0.5, 0.6) is 0 Å². The number of hydrogen-bond donors (Lipinski definition) is 0. The van der Waals surface area contributed by atoms with E-state index in [-0.39, 0.29) is 17.6 Å². The van der Waals surface area contributed by atoms with Gasteiger partial charge in [0.25, 0.3) is 5.69 Å². The Labute approximate surface area is 141 Å². The Kier molecular flexibility index (Phi) is 5.84. The molecule has 5 nitrogen and oxygen atoms in total. The van der Waals surface area contributed by atoms with Gasteiger partial charge in [0.05, 0.1) is 4.92 Å². The van der Waals surface area contributed by atoms with Gasteiger partial charge in [-0.15, -0.1) is 0 Å². The summed E-state index contributed by atoms with van der Waals surface area (Å²) in [5.41, 5.74) is 1.85. The molecule has 0 unspecified atom stereocenters. The number of non-ortho nitro benzene ring substituents is 1. The average molecular weight is 324 g/mol. The summed E-state index contributed by atoms with van der Waals surface area (Å²) in [6.45, 7) is 4.49. The molecule has 0 bridgehead atoms. The quantitative estimate of drug-likeness (QED) is 0.457. The number of carbonyl (C=O) groups excluding carboxylic acids is 1. The molecule has 0 spiro atoms. The minimum Gasteiger partial charge on any atom is -0.332 e. The van der Waals surface area contributed by atoms with Crippen molar-refractivity contribution in [1.82, 2.24) is 4.90 Å². The molecule has 0 saturated heterocycles. The van der Waals surface area contributed by atoms with Crippen molar-refractivity contribution in [2.45, 2.75) is 26.4 Å². The molecule has 0 N–H and O–H groups in total. The standard InChI is InChI=1S/C19H20N2O3/c1-15(2)20(14-17-6-4-3-5-7-17)19(22)13-10-16-8-11-18(12-9-16)21(23)24/h3-13,15H,14H2,1-2H3/b13-10+. The van der Waals surface area contributed by atoms with Crippen LogP contribution in [-0.2, 0) is 11.3 Å². The van der Waals surface area contributed by atoms with E-state index in [2.05, 4.69) is 0 Å². The molecule has 0 heterocycles. The fraction of sp³-hybridized carbons (Fsp3) is 0.211. The van der Waals surface area contributed by atoms with Crippen molar-refractivity contribution in [3.05, 3.63) is 81.9 Å². The van der Waals surface area contributed by atoms with Crippen molar-refractivity contribution in [3.63, 3.8) is 0 Å². The number of nitro groups is 1. The monoisotopic (exact) mass is 324 g/mol. The predicted octanol–water partition coefficient (Wildman–Crippen LogP) is 4.05. The van der Waals surface area contributed by atoms with Crippen molar-refractivity contribution in [1.29, 1.82) is 0 Å². The van der Waals surface area contributed by atoms with E-state index in [4.69, 9.17) is 0 Å². The van der Waals surface area contributed by atoms with Crippen LogP contribution in [0.1, 0.15) is 25.0 Å². The molecule has 0 atom stereocenters. The summed E-state index contributed by atoms with van der Waals surface area (Å²) in [4.78, 5) is 24.4. The minimum atomic E-state index is -0.445. The van der Waals surface area contributed by atoms with Crippen LogP contribution in [0.15, 0.2) is 60.7 Å². The molecule has 2 rings (SSSR count). The van der Waals surface area contributed by atoms with Crippen LogP contribution in [-0.4, -0.2) is 21.8 Å². The summed E-state index contributed by atoms with van der Waals surface area (Å²) in [5, 5.41) is 10.6. The zero-order valence-electron chi connectivity index (χ0n) is 13.8. The zero-order chi connectivity index (χ0) is 17.5. The summed E-state index contributed by atoms with van der Waals surface area (Å²) in [5.74, 6) is -0.0906. The third-order valence-corrected chi connectivity index (χ3v) is 3.62. The Morgan fingerprint density at radius 1 is 1.12 bits per heavy atom. The van der Waals surface area contributed by atoms with Crippen molar-refractivity contribution >= 4 is 17.7 Å². The van der Waals surface area contributed by atoms with Gasteiger partial charge in [0.1, 0.15) is 0 Å². The van der Waals surface area contributed by atoms with E-state index < -0.39 is 4.92 Å². The normalized spacial score (nSPS) is 11.0. The Hall–Kier alpha value is -2.95. The third-order valence-electron chi connectivity index (χ3n) is 3.62. The van der Waals surface area contributed by atoms with Crippen LogP contribution in [0, 0.1) is 10.1 Å².